The molecule has 0 aromatic heterocycles. The molecule has 0 aromatic rings. The number of hydrogen-bond acceptors (Lipinski definition) is 4. The van der Waals surface area contributed by atoms with Crippen LogP contribution in [-0.4, -0.2) is 33.9 Å². The van der Waals surface area contributed by atoms with E-state index in [4.69, 9.17) is 25.9 Å². The fourth-order valence-electron chi connectivity index (χ4n) is 7.24. The number of rotatable bonds is 45. The van der Waals surface area contributed by atoms with Crippen LogP contribution in [0.5, 0.6) is 0 Å². The van der Waals surface area contributed by atoms with Gasteiger partial charge in [0.2, 0.25) is 0 Å². The monoisotopic (exact) mass is 757 g/mol. The summed E-state index contributed by atoms with van der Waals surface area (Å²) in [5.41, 5.74) is 0. The van der Waals surface area contributed by atoms with Crippen LogP contribution in [-0.2, 0) is 13.3 Å². The smallest absolute Gasteiger partial charge is 0.373 e. The lowest BCUT2D eigenvalue weighted by Gasteiger charge is -2.30. The van der Waals surface area contributed by atoms with Crippen molar-refractivity contribution in [1.82, 2.24) is 0 Å². The number of thiol groups is 1. The van der Waals surface area contributed by atoms with Crippen LogP contribution in [0.1, 0.15) is 265 Å². The van der Waals surface area contributed by atoms with Gasteiger partial charge in [0, 0.05) is 25.9 Å². The van der Waals surface area contributed by atoms with Gasteiger partial charge < -0.3 is 13.3 Å². The molecule has 0 bridgehead atoms. The zero-order valence-electron chi connectivity index (χ0n) is 35.7. The molecule has 0 aliphatic carbocycles. The lowest BCUT2D eigenvalue weighted by molar-refractivity contribution is 0.0548. The van der Waals surface area contributed by atoms with E-state index in [1.54, 1.807) is 0 Å². The summed E-state index contributed by atoms with van der Waals surface area (Å²) < 4.78 is 20.2. The average Bonchev–Trinajstić information content (AvgIpc) is 3.13. The topological polar surface area (TPSA) is 27.7 Å². The standard InChI is InChI=1S/C46H96O3SSi/c1-5-8-11-14-17-20-23-26-29-32-35-38-42-47-51(45-41-46(4)50,48-43-39-36-33-30-27-24-21-18-15-12-9-6-2)49-44-40-37-34-31-28-25-22-19-16-13-10-7-3/h46,50H,5-45H2,1-4H3. The maximum Gasteiger partial charge on any atom is 0.500 e. The Hall–Kier alpha value is 0.447. The van der Waals surface area contributed by atoms with Crippen molar-refractivity contribution in [3.05, 3.63) is 0 Å². The molecule has 0 aliphatic heterocycles. The van der Waals surface area contributed by atoms with E-state index in [1.165, 1.54) is 212 Å². The number of hydrogen-bond donors (Lipinski definition) is 1. The Kier molecular flexibility index (Phi) is 43.6. The molecule has 308 valence electrons. The van der Waals surface area contributed by atoms with E-state index in [1.807, 2.05) is 0 Å². The first-order chi connectivity index (χ1) is 25.1. The molecule has 0 amide bonds. The van der Waals surface area contributed by atoms with Gasteiger partial charge in [0.25, 0.3) is 0 Å². The van der Waals surface area contributed by atoms with Crippen LogP contribution in [0.2, 0.25) is 6.04 Å². The van der Waals surface area contributed by atoms with Gasteiger partial charge in [-0.3, -0.25) is 0 Å². The second-order valence-electron chi connectivity index (χ2n) is 16.3. The minimum atomic E-state index is -2.71. The Bertz CT molecular complexity index is 560. The molecule has 0 fully saturated rings. The third-order valence-corrected chi connectivity index (χ3v) is 13.9. The van der Waals surface area contributed by atoms with Gasteiger partial charge in [-0.15, -0.1) is 0 Å². The van der Waals surface area contributed by atoms with Gasteiger partial charge in [-0.2, -0.15) is 12.6 Å². The second-order valence-corrected chi connectivity index (χ2v) is 19.9. The van der Waals surface area contributed by atoms with E-state index >= 15 is 0 Å². The van der Waals surface area contributed by atoms with Crippen molar-refractivity contribution < 1.29 is 13.3 Å². The van der Waals surface area contributed by atoms with Crippen molar-refractivity contribution in [2.24, 2.45) is 0 Å². The second kappa shape index (κ2) is 43.2. The third kappa shape index (κ3) is 39.9. The quantitative estimate of drug-likeness (QED) is 0.0381. The highest BCUT2D eigenvalue weighted by Crippen LogP contribution is 2.24. The van der Waals surface area contributed by atoms with Gasteiger partial charge in [-0.05, 0) is 30.9 Å². The minimum absolute atomic E-state index is 0.345. The maximum atomic E-state index is 6.75. The summed E-state index contributed by atoms with van der Waals surface area (Å²) in [6.45, 7) is 11.5. The van der Waals surface area contributed by atoms with Crippen molar-refractivity contribution >= 4 is 21.4 Å². The van der Waals surface area contributed by atoms with Crippen molar-refractivity contribution in [3.63, 3.8) is 0 Å². The normalized spacial score (nSPS) is 12.6. The largest absolute Gasteiger partial charge is 0.500 e. The summed E-state index contributed by atoms with van der Waals surface area (Å²) in [5, 5.41) is 0.345. The molecule has 0 heterocycles. The first kappa shape index (κ1) is 51.4. The Labute approximate surface area is 329 Å². The summed E-state index contributed by atoms with van der Waals surface area (Å²) in [6.07, 6.45) is 50.2. The number of unbranched alkanes of at least 4 members (excludes halogenated alkanes) is 33. The van der Waals surface area contributed by atoms with E-state index in [9.17, 15) is 0 Å². The van der Waals surface area contributed by atoms with Gasteiger partial charge >= 0.3 is 8.80 Å². The van der Waals surface area contributed by atoms with Crippen LogP contribution in [0, 0.1) is 0 Å². The Morgan fingerprint density at radius 2 is 0.529 bits per heavy atom. The van der Waals surface area contributed by atoms with E-state index in [-0.39, 0.29) is 0 Å². The van der Waals surface area contributed by atoms with Crippen LogP contribution in [0.4, 0.5) is 0 Å². The average molecular weight is 757 g/mol. The summed E-state index contributed by atoms with van der Waals surface area (Å²) in [5.74, 6) is 0. The zero-order chi connectivity index (χ0) is 37.2. The fraction of sp³-hybridized carbons (Fsp3) is 1.00. The predicted molar refractivity (Wildman–Crippen MR) is 235 cm³/mol. The molecule has 0 saturated heterocycles. The molecule has 0 radical (unpaired) electrons. The van der Waals surface area contributed by atoms with Gasteiger partial charge in [0.05, 0.1) is 0 Å². The molecule has 51 heavy (non-hydrogen) atoms. The first-order valence-corrected chi connectivity index (χ1v) is 26.1. The highest BCUT2D eigenvalue weighted by molar-refractivity contribution is 7.80. The third-order valence-electron chi connectivity index (χ3n) is 10.8. The van der Waals surface area contributed by atoms with Crippen LogP contribution in [0.15, 0.2) is 0 Å². The van der Waals surface area contributed by atoms with Gasteiger partial charge in [0.15, 0.2) is 0 Å². The molecular formula is C46H96O3SSi. The summed E-state index contributed by atoms with van der Waals surface area (Å²) in [4.78, 5) is 0. The highest BCUT2D eigenvalue weighted by atomic mass is 32.1. The molecule has 0 rings (SSSR count). The summed E-state index contributed by atoms with van der Waals surface area (Å²) >= 11 is 4.74. The van der Waals surface area contributed by atoms with Crippen molar-refractivity contribution in [3.8, 4) is 0 Å². The molecule has 0 spiro atoms. The molecule has 3 nitrogen and oxygen atoms in total. The van der Waals surface area contributed by atoms with Crippen molar-refractivity contribution in [2.75, 3.05) is 19.8 Å². The van der Waals surface area contributed by atoms with Crippen LogP contribution < -0.4 is 0 Å². The lowest BCUT2D eigenvalue weighted by atomic mass is 10.1. The predicted octanol–water partition coefficient (Wildman–Crippen LogP) is 16.8. The fourth-order valence-corrected chi connectivity index (χ4v) is 10.4. The van der Waals surface area contributed by atoms with E-state index in [2.05, 4.69) is 27.7 Å². The summed E-state index contributed by atoms with van der Waals surface area (Å²) in [7, 11) is -2.71. The van der Waals surface area contributed by atoms with E-state index < -0.39 is 8.80 Å². The van der Waals surface area contributed by atoms with Crippen LogP contribution in [0.3, 0.4) is 0 Å². The van der Waals surface area contributed by atoms with Crippen LogP contribution in [0.25, 0.3) is 0 Å². The molecule has 0 aromatic carbocycles. The van der Waals surface area contributed by atoms with Gasteiger partial charge in [-0.1, -0.05) is 240 Å². The maximum absolute atomic E-state index is 6.75. The molecule has 5 heteroatoms. The van der Waals surface area contributed by atoms with E-state index in [0.29, 0.717) is 5.25 Å². The SMILES string of the molecule is CCCCCCCCCCCCCCO[Si](CCC(C)S)(OCCCCCCCCCCCCCC)OCCCCCCCCCCCCCC. The molecule has 1 atom stereocenters. The highest BCUT2D eigenvalue weighted by Gasteiger charge is 2.41. The summed E-state index contributed by atoms with van der Waals surface area (Å²) in [6, 6.07) is 0.909. The molecule has 1 unspecified atom stereocenters. The van der Waals surface area contributed by atoms with Crippen LogP contribution >= 0.6 is 12.6 Å². The Morgan fingerprint density at radius 3 is 0.725 bits per heavy atom. The molecule has 0 aliphatic rings. The molecule has 0 saturated carbocycles. The Morgan fingerprint density at radius 1 is 0.333 bits per heavy atom. The molecule has 0 N–H and O–H groups in total. The van der Waals surface area contributed by atoms with E-state index in [0.717, 1.165) is 51.5 Å². The Balaban J connectivity index is 4.54. The van der Waals surface area contributed by atoms with Crippen molar-refractivity contribution in [2.45, 2.75) is 277 Å². The zero-order valence-corrected chi connectivity index (χ0v) is 37.6. The van der Waals surface area contributed by atoms with Gasteiger partial charge in [-0.25, -0.2) is 0 Å². The van der Waals surface area contributed by atoms with Crippen molar-refractivity contribution in [1.29, 1.82) is 0 Å². The van der Waals surface area contributed by atoms with Gasteiger partial charge in [0.1, 0.15) is 0 Å². The minimum Gasteiger partial charge on any atom is -0.373 e. The first-order valence-electron chi connectivity index (χ1n) is 23.7. The molecular weight excluding hydrogens is 661 g/mol. The lowest BCUT2D eigenvalue weighted by Crippen LogP contribution is -2.47.